The summed E-state index contributed by atoms with van der Waals surface area (Å²) in [6, 6.07) is 22.1. The fourth-order valence-electron chi connectivity index (χ4n) is 5.93. The standard InChI is InChI=1S/C40H54N4O7/c1-39(2,3)31(24-35(47)50-7)37(48)43-44(25-28-17-19-29(20-18-28)32-16-12-13-21-41-32)26-34(46)30(22-27-14-10-9-11-15-27)23-33(45)36(40(4,5)6)42-38(49)51-8/h9-21,30-31,34,36,46H,22-26H2,1-8H3,(H,42,49)(H,43,48)/t30-,31-,34+,36-/m1/s1. The van der Waals surface area contributed by atoms with Crippen molar-refractivity contribution in [1.29, 1.82) is 0 Å². The molecule has 0 saturated heterocycles. The van der Waals surface area contributed by atoms with E-state index in [1.165, 1.54) is 14.2 Å². The summed E-state index contributed by atoms with van der Waals surface area (Å²) >= 11 is 0. The maximum absolute atomic E-state index is 13.9. The molecule has 11 nitrogen and oxygen atoms in total. The van der Waals surface area contributed by atoms with Crippen LogP contribution in [0.5, 0.6) is 0 Å². The topological polar surface area (TPSA) is 147 Å². The van der Waals surface area contributed by atoms with Crippen LogP contribution in [0.4, 0.5) is 4.79 Å². The van der Waals surface area contributed by atoms with Crippen molar-refractivity contribution in [2.45, 2.75) is 79.5 Å². The molecule has 3 aromatic rings. The van der Waals surface area contributed by atoms with E-state index in [2.05, 4.69) is 15.7 Å². The number of rotatable bonds is 16. The fourth-order valence-corrected chi connectivity index (χ4v) is 5.93. The van der Waals surface area contributed by atoms with Crippen molar-refractivity contribution in [3.05, 3.63) is 90.1 Å². The van der Waals surface area contributed by atoms with Crippen LogP contribution in [0, 0.1) is 22.7 Å². The van der Waals surface area contributed by atoms with Crippen molar-refractivity contribution in [2.24, 2.45) is 22.7 Å². The Morgan fingerprint density at radius 2 is 1.45 bits per heavy atom. The van der Waals surface area contributed by atoms with E-state index in [9.17, 15) is 24.3 Å². The van der Waals surface area contributed by atoms with Gasteiger partial charge in [-0.25, -0.2) is 9.80 Å². The highest BCUT2D eigenvalue weighted by Gasteiger charge is 2.37. The highest BCUT2D eigenvalue weighted by molar-refractivity contribution is 5.88. The molecule has 0 aliphatic carbocycles. The molecule has 11 heteroatoms. The van der Waals surface area contributed by atoms with Crippen LogP contribution in [0.3, 0.4) is 0 Å². The molecule has 1 heterocycles. The number of aromatic nitrogens is 1. The van der Waals surface area contributed by atoms with E-state index in [1.54, 1.807) is 11.2 Å². The number of hydrogen-bond donors (Lipinski definition) is 3. The lowest BCUT2D eigenvalue weighted by atomic mass is 9.78. The van der Waals surface area contributed by atoms with Gasteiger partial charge >= 0.3 is 12.1 Å². The van der Waals surface area contributed by atoms with Crippen LogP contribution < -0.4 is 10.7 Å². The van der Waals surface area contributed by atoms with Gasteiger partial charge in [0.25, 0.3) is 0 Å². The number of Topliss-reactive ketones (excluding diaryl/α,β-unsaturated/α-hetero) is 1. The second-order valence-corrected chi connectivity index (χ2v) is 15.1. The van der Waals surface area contributed by atoms with E-state index >= 15 is 0 Å². The molecule has 1 aromatic heterocycles. The Morgan fingerprint density at radius 1 is 0.804 bits per heavy atom. The van der Waals surface area contributed by atoms with Crippen molar-refractivity contribution < 1.29 is 33.8 Å². The van der Waals surface area contributed by atoms with Crippen molar-refractivity contribution in [3.8, 4) is 11.3 Å². The predicted molar refractivity (Wildman–Crippen MR) is 196 cm³/mol. The number of hydrazine groups is 1. The number of aliphatic hydroxyl groups is 1. The lowest BCUT2D eigenvalue weighted by Crippen LogP contribution is -2.52. The molecular formula is C40H54N4O7. The van der Waals surface area contributed by atoms with Gasteiger partial charge in [-0.1, -0.05) is 102 Å². The average Bonchev–Trinajstić information content (AvgIpc) is 3.08. The van der Waals surface area contributed by atoms with Gasteiger partial charge in [0.05, 0.1) is 44.4 Å². The molecule has 0 fully saturated rings. The number of methoxy groups -OCH3 is 2. The lowest BCUT2D eigenvalue weighted by molar-refractivity contribution is -0.148. The monoisotopic (exact) mass is 702 g/mol. The molecule has 0 bridgehead atoms. The van der Waals surface area contributed by atoms with Crippen LogP contribution in [0.2, 0.25) is 0 Å². The molecule has 0 aliphatic rings. The first-order chi connectivity index (χ1) is 24.0. The van der Waals surface area contributed by atoms with Crippen molar-refractivity contribution in [2.75, 3.05) is 20.8 Å². The van der Waals surface area contributed by atoms with E-state index in [0.29, 0.717) is 6.42 Å². The van der Waals surface area contributed by atoms with E-state index < -0.39 is 52.8 Å². The minimum absolute atomic E-state index is 0.0295. The second-order valence-electron chi connectivity index (χ2n) is 15.1. The predicted octanol–water partition coefficient (Wildman–Crippen LogP) is 5.76. The van der Waals surface area contributed by atoms with Gasteiger partial charge < -0.3 is 19.9 Å². The van der Waals surface area contributed by atoms with Gasteiger partial charge in [0.2, 0.25) is 5.91 Å². The van der Waals surface area contributed by atoms with Crippen molar-refractivity contribution >= 4 is 23.8 Å². The van der Waals surface area contributed by atoms with Crippen LogP contribution in [-0.2, 0) is 36.8 Å². The number of nitrogens with one attached hydrogen (secondary N) is 2. The van der Waals surface area contributed by atoms with Crippen molar-refractivity contribution in [3.63, 3.8) is 0 Å². The summed E-state index contributed by atoms with van der Waals surface area (Å²) < 4.78 is 9.69. The number of carbonyl (C=O) groups is 4. The van der Waals surface area contributed by atoms with Gasteiger partial charge in [0.1, 0.15) is 0 Å². The summed E-state index contributed by atoms with van der Waals surface area (Å²) in [6.45, 7) is 11.4. The Balaban J connectivity index is 1.96. The second kappa shape index (κ2) is 18.6. The molecule has 3 rings (SSSR count). The molecule has 0 spiro atoms. The van der Waals surface area contributed by atoms with E-state index in [-0.39, 0.29) is 31.7 Å². The molecule has 2 aromatic carbocycles. The Hall–Kier alpha value is -4.61. The van der Waals surface area contributed by atoms with Crippen LogP contribution in [0.25, 0.3) is 11.3 Å². The van der Waals surface area contributed by atoms with Crippen LogP contribution >= 0.6 is 0 Å². The number of nitrogens with zero attached hydrogens (tertiary/aromatic N) is 2. The third kappa shape index (κ3) is 12.9. The van der Waals surface area contributed by atoms with Gasteiger partial charge in [0, 0.05) is 31.3 Å². The molecule has 2 amide bonds. The number of pyridine rings is 1. The first kappa shape index (κ1) is 40.8. The van der Waals surface area contributed by atoms with Crippen LogP contribution in [0.15, 0.2) is 79.0 Å². The van der Waals surface area contributed by atoms with Gasteiger partial charge in [-0.15, -0.1) is 0 Å². The Labute approximate surface area is 302 Å². The van der Waals surface area contributed by atoms with Crippen molar-refractivity contribution in [1.82, 2.24) is 20.7 Å². The number of aliphatic hydroxyl groups excluding tert-OH is 1. The van der Waals surface area contributed by atoms with Gasteiger partial charge in [0.15, 0.2) is 5.78 Å². The minimum Gasteiger partial charge on any atom is -0.469 e. The molecule has 4 atom stereocenters. The Kier molecular flexibility index (Phi) is 14.9. The molecule has 276 valence electrons. The summed E-state index contributed by atoms with van der Waals surface area (Å²) in [5.74, 6) is -2.45. The number of ether oxygens (including phenoxy) is 2. The largest absolute Gasteiger partial charge is 0.469 e. The number of carbonyl (C=O) groups excluding carboxylic acids is 4. The fraction of sp³-hybridized carbons (Fsp3) is 0.475. The number of hydrogen-bond acceptors (Lipinski definition) is 9. The number of alkyl carbamates (subject to hydrolysis) is 1. The smallest absolute Gasteiger partial charge is 0.407 e. The first-order valence-corrected chi connectivity index (χ1v) is 17.2. The zero-order valence-corrected chi connectivity index (χ0v) is 31.1. The highest BCUT2D eigenvalue weighted by Crippen LogP contribution is 2.30. The molecule has 0 saturated carbocycles. The third-order valence-electron chi connectivity index (χ3n) is 8.91. The summed E-state index contributed by atoms with van der Waals surface area (Å²) in [5.41, 5.74) is 5.31. The lowest BCUT2D eigenvalue weighted by Gasteiger charge is -2.35. The maximum Gasteiger partial charge on any atom is 0.407 e. The van der Waals surface area contributed by atoms with Crippen LogP contribution in [0.1, 0.15) is 65.5 Å². The number of esters is 1. The zero-order chi connectivity index (χ0) is 37.8. The minimum atomic E-state index is -1.09. The number of amides is 2. The Morgan fingerprint density at radius 3 is 2.00 bits per heavy atom. The maximum atomic E-state index is 13.9. The molecule has 51 heavy (non-hydrogen) atoms. The van der Waals surface area contributed by atoms with E-state index in [0.717, 1.165) is 22.4 Å². The molecular weight excluding hydrogens is 648 g/mol. The first-order valence-electron chi connectivity index (χ1n) is 17.2. The molecule has 3 N–H and O–H groups in total. The number of benzene rings is 2. The average molecular weight is 703 g/mol. The highest BCUT2D eigenvalue weighted by atomic mass is 16.5. The summed E-state index contributed by atoms with van der Waals surface area (Å²) in [5, 5.41) is 16.2. The third-order valence-corrected chi connectivity index (χ3v) is 8.91. The molecule has 0 unspecified atom stereocenters. The van der Waals surface area contributed by atoms with Gasteiger partial charge in [-0.2, -0.15) is 0 Å². The quantitative estimate of drug-likeness (QED) is 0.125. The summed E-state index contributed by atoms with van der Waals surface area (Å²) in [6.07, 6.45) is 0.133. The molecule has 0 aliphatic heterocycles. The Bertz CT molecular complexity index is 1570. The van der Waals surface area contributed by atoms with Crippen LogP contribution in [-0.4, -0.2) is 71.8 Å². The SMILES string of the molecule is COC(=O)C[C@H](C(=O)NN(Cc1ccc(-c2ccccn2)cc1)C[C@H](O)[C@@H](CC(=O)[C@@H](NC(=O)OC)C(C)(C)C)Cc1ccccc1)C(C)(C)C. The van der Waals surface area contributed by atoms with Gasteiger partial charge in [-0.05, 0) is 46.4 Å². The zero-order valence-electron chi connectivity index (χ0n) is 31.1. The summed E-state index contributed by atoms with van der Waals surface area (Å²) in [4.78, 5) is 56.7. The molecule has 0 radical (unpaired) electrons. The van der Waals surface area contributed by atoms with E-state index in [1.807, 2.05) is 114 Å². The van der Waals surface area contributed by atoms with E-state index in [4.69, 9.17) is 9.47 Å². The summed E-state index contributed by atoms with van der Waals surface area (Å²) in [7, 11) is 2.53. The number of ketones is 1. The van der Waals surface area contributed by atoms with Gasteiger partial charge in [-0.3, -0.25) is 24.8 Å². The normalized spacial score (nSPS) is 14.2.